The molecule has 7 heteroatoms. The highest BCUT2D eigenvalue weighted by molar-refractivity contribution is 6.30. The van der Waals surface area contributed by atoms with Crippen molar-refractivity contribution < 1.29 is 9.32 Å². The molecule has 25 heavy (non-hydrogen) atoms. The second kappa shape index (κ2) is 7.99. The van der Waals surface area contributed by atoms with Crippen LogP contribution in [0.2, 0.25) is 5.02 Å². The maximum atomic E-state index is 12.5. The minimum atomic E-state index is -0.185. The Kier molecular flexibility index (Phi) is 5.73. The molecule has 0 unspecified atom stereocenters. The third-order valence-electron chi connectivity index (χ3n) is 4.49. The number of hydrogen-bond donors (Lipinski definition) is 1. The van der Waals surface area contributed by atoms with Crippen LogP contribution in [0, 0.1) is 6.92 Å². The van der Waals surface area contributed by atoms with Crippen molar-refractivity contribution in [1.82, 2.24) is 15.0 Å². The Morgan fingerprint density at radius 2 is 2.08 bits per heavy atom. The quantitative estimate of drug-likeness (QED) is 0.886. The van der Waals surface area contributed by atoms with Gasteiger partial charge >= 0.3 is 0 Å². The first-order valence-corrected chi connectivity index (χ1v) is 8.84. The number of piperazine rings is 1. The van der Waals surface area contributed by atoms with Crippen LogP contribution in [0.1, 0.15) is 18.4 Å². The Morgan fingerprint density at radius 3 is 2.72 bits per heavy atom. The molecule has 0 aliphatic carbocycles. The first-order chi connectivity index (χ1) is 12.0. The molecular formula is C18H23ClN4O2. The zero-order valence-corrected chi connectivity index (χ0v) is 15.3. The van der Waals surface area contributed by atoms with Crippen molar-refractivity contribution in [3.05, 3.63) is 46.8 Å². The van der Waals surface area contributed by atoms with E-state index < -0.39 is 0 Å². The lowest BCUT2D eigenvalue weighted by atomic mass is 10.2. The average molecular weight is 363 g/mol. The van der Waals surface area contributed by atoms with E-state index in [1.165, 1.54) is 0 Å². The molecule has 1 aromatic heterocycles. The number of nitrogens with zero attached hydrogens (tertiary/aromatic N) is 3. The summed E-state index contributed by atoms with van der Waals surface area (Å²) in [6.45, 7) is 8.13. The zero-order valence-electron chi connectivity index (χ0n) is 14.5. The number of nitrogens with one attached hydrogen (secondary N) is 1. The molecule has 1 saturated heterocycles. The Balaban J connectivity index is 1.49. The highest BCUT2D eigenvalue weighted by Gasteiger charge is 2.26. The van der Waals surface area contributed by atoms with E-state index in [1.807, 2.05) is 32.0 Å². The molecule has 3 rings (SSSR count). The van der Waals surface area contributed by atoms with Gasteiger partial charge in [0.1, 0.15) is 5.76 Å². The lowest BCUT2D eigenvalue weighted by Crippen LogP contribution is -2.52. The minimum Gasteiger partial charge on any atom is -0.361 e. The summed E-state index contributed by atoms with van der Waals surface area (Å²) in [6, 6.07) is 8.99. The fourth-order valence-electron chi connectivity index (χ4n) is 3.01. The Morgan fingerprint density at radius 1 is 1.32 bits per heavy atom. The van der Waals surface area contributed by atoms with Gasteiger partial charge in [-0.15, -0.1) is 0 Å². The van der Waals surface area contributed by atoms with Crippen LogP contribution >= 0.6 is 11.6 Å². The van der Waals surface area contributed by atoms with Crippen molar-refractivity contribution in [2.24, 2.45) is 0 Å². The number of rotatable bonds is 5. The molecule has 1 aliphatic heterocycles. The summed E-state index contributed by atoms with van der Waals surface area (Å²) < 4.78 is 5.11. The topological polar surface area (TPSA) is 61.6 Å². The SMILES string of the molecule is Cc1cc(CN2CCN([C@@H](C)C(=O)Nc3cccc(Cl)c3)CC2)no1. The van der Waals surface area contributed by atoms with Crippen LogP contribution in [0.4, 0.5) is 5.69 Å². The van der Waals surface area contributed by atoms with E-state index in [2.05, 4.69) is 20.3 Å². The summed E-state index contributed by atoms with van der Waals surface area (Å²) in [5.74, 6) is 0.822. The number of anilines is 1. The Bertz CT molecular complexity index is 725. The monoisotopic (exact) mass is 362 g/mol. The summed E-state index contributed by atoms with van der Waals surface area (Å²) in [4.78, 5) is 17.0. The van der Waals surface area contributed by atoms with Gasteiger partial charge in [0.25, 0.3) is 0 Å². The van der Waals surface area contributed by atoms with Gasteiger partial charge in [0.15, 0.2) is 0 Å². The van der Waals surface area contributed by atoms with Crippen LogP contribution in [-0.2, 0) is 11.3 Å². The molecule has 0 bridgehead atoms. The van der Waals surface area contributed by atoms with Gasteiger partial charge in [-0.3, -0.25) is 14.6 Å². The predicted octanol–water partition coefficient (Wildman–Crippen LogP) is 2.78. The molecule has 1 atom stereocenters. The number of carbonyl (C=O) groups excluding carboxylic acids is 1. The highest BCUT2D eigenvalue weighted by Crippen LogP contribution is 2.16. The van der Waals surface area contributed by atoms with Gasteiger partial charge in [-0.2, -0.15) is 0 Å². The zero-order chi connectivity index (χ0) is 17.8. The fourth-order valence-corrected chi connectivity index (χ4v) is 3.20. The number of aromatic nitrogens is 1. The molecule has 2 heterocycles. The van der Waals surface area contributed by atoms with Crippen molar-refractivity contribution in [2.45, 2.75) is 26.4 Å². The maximum absolute atomic E-state index is 12.5. The molecular weight excluding hydrogens is 340 g/mol. The Labute approximate surface area is 152 Å². The summed E-state index contributed by atoms with van der Waals surface area (Å²) in [7, 11) is 0. The van der Waals surface area contributed by atoms with Gasteiger partial charge in [0.05, 0.1) is 11.7 Å². The molecule has 1 aliphatic rings. The largest absolute Gasteiger partial charge is 0.361 e. The number of carbonyl (C=O) groups is 1. The second-order valence-electron chi connectivity index (χ2n) is 6.42. The molecule has 1 amide bonds. The molecule has 2 aromatic rings. The first-order valence-electron chi connectivity index (χ1n) is 8.46. The molecule has 1 aromatic carbocycles. The van der Waals surface area contributed by atoms with Gasteiger partial charge in [0, 0.05) is 49.5 Å². The normalized spacial score (nSPS) is 17.4. The van der Waals surface area contributed by atoms with Crippen molar-refractivity contribution in [3.8, 4) is 0 Å². The van der Waals surface area contributed by atoms with Gasteiger partial charge in [0.2, 0.25) is 5.91 Å². The third kappa shape index (κ3) is 4.81. The summed E-state index contributed by atoms with van der Waals surface area (Å²) in [5, 5.41) is 7.59. The second-order valence-corrected chi connectivity index (χ2v) is 6.85. The van der Waals surface area contributed by atoms with E-state index in [0.717, 1.165) is 49.9 Å². The molecule has 0 spiro atoms. The predicted molar refractivity (Wildman–Crippen MR) is 97.6 cm³/mol. The van der Waals surface area contributed by atoms with Gasteiger partial charge in [-0.25, -0.2) is 0 Å². The van der Waals surface area contributed by atoms with Crippen molar-refractivity contribution in [3.63, 3.8) is 0 Å². The van der Waals surface area contributed by atoms with Gasteiger partial charge < -0.3 is 9.84 Å². The van der Waals surface area contributed by atoms with Crippen molar-refractivity contribution in [2.75, 3.05) is 31.5 Å². The molecule has 134 valence electrons. The molecule has 1 fully saturated rings. The van der Waals surface area contributed by atoms with E-state index in [1.54, 1.807) is 12.1 Å². The lowest BCUT2D eigenvalue weighted by molar-refractivity contribution is -0.121. The number of amides is 1. The fraction of sp³-hybridized carbons (Fsp3) is 0.444. The van der Waals surface area contributed by atoms with Gasteiger partial charge in [-0.05, 0) is 32.0 Å². The number of halogens is 1. The smallest absolute Gasteiger partial charge is 0.241 e. The molecule has 6 nitrogen and oxygen atoms in total. The highest BCUT2D eigenvalue weighted by atomic mass is 35.5. The lowest BCUT2D eigenvalue weighted by Gasteiger charge is -2.37. The number of benzene rings is 1. The summed E-state index contributed by atoms with van der Waals surface area (Å²) >= 11 is 5.96. The molecule has 0 radical (unpaired) electrons. The van der Waals surface area contributed by atoms with E-state index >= 15 is 0 Å². The van der Waals surface area contributed by atoms with Crippen LogP contribution in [-0.4, -0.2) is 53.1 Å². The van der Waals surface area contributed by atoms with E-state index in [-0.39, 0.29) is 11.9 Å². The minimum absolute atomic E-state index is 0.0113. The maximum Gasteiger partial charge on any atom is 0.241 e. The van der Waals surface area contributed by atoms with E-state index in [9.17, 15) is 4.79 Å². The van der Waals surface area contributed by atoms with Crippen LogP contribution in [0.25, 0.3) is 0 Å². The van der Waals surface area contributed by atoms with Gasteiger partial charge in [-0.1, -0.05) is 22.8 Å². The van der Waals surface area contributed by atoms with E-state index in [4.69, 9.17) is 16.1 Å². The third-order valence-corrected chi connectivity index (χ3v) is 4.72. The summed E-state index contributed by atoms with van der Waals surface area (Å²) in [5.41, 5.74) is 1.68. The average Bonchev–Trinajstić information content (AvgIpc) is 3.00. The summed E-state index contributed by atoms with van der Waals surface area (Å²) in [6.07, 6.45) is 0. The van der Waals surface area contributed by atoms with Crippen molar-refractivity contribution >= 4 is 23.2 Å². The van der Waals surface area contributed by atoms with Crippen LogP contribution < -0.4 is 5.32 Å². The molecule has 1 N–H and O–H groups in total. The van der Waals surface area contributed by atoms with Crippen molar-refractivity contribution in [1.29, 1.82) is 0 Å². The standard InChI is InChI=1S/C18H23ClN4O2/c1-13-10-17(21-25-13)12-22-6-8-23(9-7-22)14(2)18(24)20-16-5-3-4-15(19)11-16/h3-5,10-11,14H,6-9,12H2,1-2H3,(H,20,24)/t14-/m0/s1. The molecule has 0 saturated carbocycles. The number of aryl methyl sites for hydroxylation is 1. The van der Waals surface area contributed by atoms with Crippen LogP contribution in [0.5, 0.6) is 0 Å². The Hall–Kier alpha value is -1.89. The van der Waals surface area contributed by atoms with Crippen LogP contribution in [0.15, 0.2) is 34.9 Å². The number of hydrogen-bond acceptors (Lipinski definition) is 5. The van der Waals surface area contributed by atoms with Crippen LogP contribution in [0.3, 0.4) is 0 Å². The van der Waals surface area contributed by atoms with E-state index in [0.29, 0.717) is 5.02 Å². The first kappa shape index (κ1) is 17.9.